The molecule has 2 rings (SSSR count). The normalized spacial score (nSPS) is 24.3. The zero-order valence-corrected chi connectivity index (χ0v) is 10.7. The third kappa shape index (κ3) is 3.70. The van der Waals surface area contributed by atoms with Crippen molar-refractivity contribution in [1.82, 2.24) is 5.32 Å². The molecular formula is C14H18F3NO. The van der Waals surface area contributed by atoms with Crippen LogP contribution in [0.25, 0.3) is 0 Å². The van der Waals surface area contributed by atoms with E-state index in [0.717, 1.165) is 25.0 Å². The van der Waals surface area contributed by atoms with Gasteiger partial charge in [0.15, 0.2) is 0 Å². The summed E-state index contributed by atoms with van der Waals surface area (Å²) in [6.07, 6.45) is -3.09. The highest BCUT2D eigenvalue weighted by Gasteiger charge is 2.35. The van der Waals surface area contributed by atoms with Crippen LogP contribution in [0.1, 0.15) is 37.0 Å². The number of benzene rings is 1. The number of aliphatic hydroxyl groups is 1. The minimum absolute atomic E-state index is 0.294. The van der Waals surface area contributed by atoms with Gasteiger partial charge < -0.3 is 10.4 Å². The van der Waals surface area contributed by atoms with E-state index in [4.69, 9.17) is 0 Å². The fourth-order valence-corrected chi connectivity index (χ4v) is 2.25. The van der Waals surface area contributed by atoms with Crippen molar-refractivity contribution < 1.29 is 18.3 Å². The first-order valence-corrected chi connectivity index (χ1v) is 6.50. The Morgan fingerprint density at radius 2 is 2.16 bits per heavy atom. The van der Waals surface area contributed by atoms with Crippen molar-refractivity contribution in [2.75, 3.05) is 6.54 Å². The third-order valence-corrected chi connectivity index (χ3v) is 3.62. The van der Waals surface area contributed by atoms with E-state index in [1.807, 2.05) is 0 Å². The van der Waals surface area contributed by atoms with Crippen LogP contribution >= 0.6 is 0 Å². The molecule has 19 heavy (non-hydrogen) atoms. The summed E-state index contributed by atoms with van der Waals surface area (Å²) in [6.45, 7) is 2.40. The molecular weight excluding hydrogens is 255 g/mol. The fourth-order valence-electron chi connectivity index (χ4n) is 2.25. The van der Waals surface area contributed by atoms with Crippen LogP contribution in [-0.4, -0.2) is 17.7 Å². The van der Waals surface area contributed by atoms with Crippen molar-refractivity contribution in [3.05, 3.63) is 35.4 Å². The van der Waals surface area contributed by atoms with Crippen molar-refractivity contribution >= 4 is 0 Å². The molecule has 1 aromatic rings. The zero-order valence-electron chi connectivity index (χ0n) is 10.7. The first-order chi connectivity index (χ1) is 8.91. The average Bonchev–Trinajstić information content (AvgIpc) is 3.14. The molecule has 1 aliphatic carbocycles. The van der Waals surface area contributed by atoms with Crippen LogP contribution in [0.4, 0.5) is 13.2 Å². The molecule has 3 unspecified atom stereocenters. The van der Waals surface area contributed by atoms with E-state index in [-0.39, 0.29) is 0 Å². The van der Waals surface area contributed by atoms with Gasteiger partial charge in [0.25, 0.3) is 0 Å². The summed E-state index contributed by atoms with van der Waals surface area (Å²) in [5, 5.41) is 13.1. The summed E-state index contributed by atoms with van der Waals surface area (Å²) in [4.78, 5) is 0. The Kier molecular flexibility index (Phi) is 4.16. The van der Waals surface area contributed by atoms with Gasteiger partial charge in [0.2, 0.25) is 0 Å². The molecule has 0 radical (unpaired) electrons. The van der Waals surface area contributed by atoms with Crippen LogP contribution in [0.3, 0.4) is 0 Å². The standard InChI is InChI=1S/C14H18F3NO/c1-2-9-7-12(9)18-8-13(19)10-4-3-5-11(6-10)14(15,16)17/h3-6,9,12-13,18-19H,2,7-8H2,1H3. The maximum absolute atomic E-state index is 12.6. The highest BCUT2D eigenvalue weighted by Crippen LogP contribution is 2.34. The second-order valence-electron chi connectivity index (χ2n) is 5.06. The van der Waals surface area contributed by atoms with E-state index in [1.54, 1.807) is 0 Å². The minimum atomic E-state index is -4.37. The molecule has 0 bridgehead atoms. The van der Waals surface area contributed by atoms with E-state index in [9.17, 15) is 18.3 Å². The van der Waals surface area contributed by atoms with Crippen molar-refractivity contribution in [1.29, 1.82) is 0 Å². The van der Waals surface area contributed by atoms with Crippen LogP contribution in [0.2, 0.25) is 0 Å². The number of alkyl halides is 3. The molecule has 0 aliphatic heterocycles. The third-order valence-electron chi connectivity index (χ3n) is 3.62. The van der Waals surface area contributed by atoms with Gasteiger partial charge in [-0.3, -0.25) is 0 Å². The molecule has 1 aliphatic rings. The van der Waals surface area contributed by atoms with Crippen LogP contribution < -0.4 is 5.32 Å². The van der Waals surface area contributed by atoms with E-state index in [2.05, 4.69) is 12.2 Å². The molecule has 1 saturated carbocycles. The van der Waals surface area contributed by atoms with Gasteiger partial charge in [0.1, 0.15) is 0 Å². The first kappa shape index (κ1) is 14.3. The lowest BCUT2D eigenvalue weighted by atomic mass is 10.1. The number of aliphatic hydroxyl groups excluding tert-OH is 1. The fraction of sp³-hybridized carbons (Fsp3) is 0.571. The Hall–Kier alpha value is -1.07. The summed E-state index contributed by atoms with van der Waals surface area (Å²) < 4.78 is 37.7. The van der Waals surface area contributed by atoms with Crippen LogP contribution in [0.15, 0.2) is 24.3 Å². The lowest BCUT2D eigenvalue weighted by Crippen LogP contribution is -2.24. The van der Waals surface area contributed by atoms with Gasteiger partial charge in [0.05, 0.1) is 11.7 Å². The van der Waals surface area contributed by atoms with E-state index in [0.29, 0.717) is 24.1 Å². The summed E-state index contributed by atoms with van der Waals surface area (Å²) in [6, 6.07) is 5.28. The van der Waals surface area contributed by atoms with Gasteiger partial charge in [-0.05, 0) is 30.0 Å². The predicted octanol–water partition coefficient (Wildman–Crippen LogP) is 3.13. The number of hydrogen-bond acceptors (Lipinski definition) is 2. The first-order valence-electron chi connectivity index (χ1n) is 6.50. The molecule has 0 amide bonds. The van der Waals surface area contributed by atoms with Gasteiger partial charge in [-0.1, -0.05) is 25.5 Å². The SMILES string of the molecule is CCC1CC1NCC(O)c1cccc(C(F)(F)F)c1. The molecule has 2 N–H and O–H groups in total. The zero-order chi connectivity index (χ0) is 14.0. The Morgan fingerprint density at radius 1 is 1.42 bits per heavy atom. The van der Waals surface area contributed by atoms with Crippen molar-refractivity contribution in [3.63, 3.8) is 0 Å². The maximum Gasteiger partial charge on any atom is 0.416 e. The van der Waals surface area contributed by atoms with Gasteiger partial charge in [-0.2, -0.15) is 13.2 Å². The Balaban J connectivity index is 1.93. The smallest absolute Gasteiger partial charge is 0.387 e. The highest BCUT2D eigenvalue weighted by molar-refractivity contribution is 5.27. The number of halogens is 3. The largest absolute Gasteiger partial charge is 0.416 e. The summed E-state index contributed by atoms with van der Waals surface area (Å²) in [7, 11) is 0. The summed E-state index contributed by atoms with van der Waals surface area (Å²) >= 11 is 0. The quantitative estimate of drug-likeness (QED) is 0.864. The molecule has 0 saturated heterocycles. The summed E-state index contributed by atoms with van der Waals surface area (Å²) in [5.41, 5.74) is -0.419. The van der Waals surface area contributed by atoms with Crippen molar-refractivity contribution in [2.24, 2.45) is 5.92 Å². The maximum atomic E-state index is 12.6. The van der Waals surface area contributed by atoms with Crippen LogP contribution in [-0.2, 0) is 6.18 Å². The lowest BCUT2D eigenvalue weighted by Gasteiger charge is -2.14. The van der Waals surface area contributed by atoms with Gasteiger partial charge in [0, 0.05) is 12.6 Å². The molecule has 5 heteroatoms. The van der Waals surface area contributed by atoms with Crippen molar-refractivity contribution in [3.8, 4) is 0 Å². The van der Waals surface area contributed by atoms with Gasteiger partial charge in [-0.25, -0.2) is 0 Å². The predicted molar refractivity (Wildman–Crippen MR) is 66.6 cm³/mol. The van der Waals surface area contributed by atoms with E-state index in [1.165, 1.54) is 12.1 Å². The lowest BCUT2D eigenvalue weighted by molar-refractivity contribution is -0.137. The number of rotatable bonds is 5. The Morgan fingerprint density at radius 3 is 2.74 bits per heavy atom. The molecule has 0 spiro atoms. The second kappa shape index (κ2) is 5.51. The number of hydrogen-bond donors (Lipinski definition) is 2. The Labute approximate surface area is 110 Å². The monoisotopic (exact) mass is 273 g/mol. The summed E-state index contributed by atoms with van der Waals surface area (Å²) in [5.74, 6) is 0.647. The molecule has 3 atom stereocenters. The van der Waals surface area contributed by atoms with Gasteiger partial charge >= 0.3 is 6.18 Å². The van der Waals surface area contributed by atoms with E-state index < -0.39 is 17.8 Å². The van der Waals surface area contributed by atoms with Crippen LogP contribution in [0, 0.1) is 5.92 Å². The van der Waals surface area contributed by atoms with Gasteiger partial charge in [-0.15, -0.1) is 0 Å². The molecule has 106 valence electrons. The number of nitrogens with one attached hydrogen (secondary N) is 1. The minimum Gasteiger partial charge on any atom is -0.387 e. The Bertz CT molecular complexity index is 433. The molecule has 0 heterocycles. The van der Waals surface area contributed by atoms with Crippen molar-refractivity contribution in [2.45, 2.75) is 38.1 Å². The molecule has 0 aromatic heterocycles. The van der Waals surface area contributed by atoms with E-state index >= 15 is 0 Å². The second-order valence-corrected chi connectivity index (χ2v) is 5.06. The molecule has 2 nitrogen and oxygen atoms in total. The molecule has 1 fully saturated rings. The average molecular weight is 273 g/mol. The molecule has 1 aromatic carbocycles. The van der Waals surface area contributed by atoms with Crippen LogP contribution in [0.5, 0.6) is 0 Å². The topological polar surface area (TPSA) is 32.3 Å². The highest BCUT2D eigenvalue weighted by atomic mass is 19.4.